The van der Waals surface area contributed by atoms with E-state index < -0.39 is 0 Å². The molecule has 0 radical (unpaired) electrons. The molecule has 1 saturated carbocycles. The van der Waals surface area contributed by atoms with Crippen molar-refractivity contribution < 1.29 is 9.53 Å². The van der Waals surface area contributed by atoms with E-state index in [0.717, 1.165) is 6.42 Å². The van der Waals surface area contributed by atoms with Gasteiger partial charge in [-0.3, -0.25) is 4.79 Å². The van der Waals surface area contributed by atoms with E-state index in [-0.39, 0.29) is 11.4 Å². The molecule has 2 heteroatoms. The van der Waals surface area contributed by atoms with Crippen LogP contribution in [0.25, 0.3) is 5.57 Å². The number of hydrogen-bond donors (Lipinski definition) is 0. The molecule has 17 heavy (non-hydrogen) atoms. The summed E-state index contributed by atoms with van der Waals surface area (Å²) in [7, 11) is 1.46. The highest BCUT2D eigenvalue weighted by atomic mass is 16.5. The molecule has 1 aliphatic carbocycles. The normalized spacial score (nSPS) is 27.7. The molecule has 0 amide bonds. The van der Waals surface area contributed by atoms with Crippen LogP contribution >= 0.6 is 0 Å². The van der Waals surface area contributed by atoms with E-state index in [1.807, 2.05) is 25.1 Å². The van der Waals surface area contributed by atoms with Crippen LogP contribution in [-0.4, -0.2) is 13.1 Å². The molecule has 0 spiro atoms. The number of esters is 1. The highest BCUT2D eigenvalue weighted by molar-refractivity contribution is 5.81. The molecular weight excluding hydrogens is 212 g/mol. The van der Waals surface area contributed by atoms with Gasteiger partial charge in [0.05, 0.1) is 12.5 Å². The Morgan fingerprint density at radius 3 is 2.65 bits per heavy atom. The van der Waals surface area contributed by atoms with Crippen molar-refractivity contribution in [1.82, 2.24) is 0 Å². The number of ether oxygens (including phenoxy) is 1. The lowest BCUT2D eigenvalue weighted by atomic mass is 10.0. The maximum Gasteiger partial charge on any atom is 0.312 e. The van der Waals surface area contributed by atoms with Crippen molar-refractivity contribution in [1.29, 1.82) is 0 Å². The van der Waals surface area contributed by atoms with Gasteiger partial charge in [-0.1, -0.05) is 36.4 Å². The number of carbonyl (C=O) groups is 1. The smallest absolute Gasteiger partial charge is 0.312 e. The van der Waals surface area contributed by atoms with Gasteiger partial charge in [0, 0.05) is 0 Å². The third-order valence-electron chi connectivity index (χ3n) is 3.63. The van der Waals surface area contributed by atoms with Crippen LogP contribution in [-0.2, 0) is 9.53 Å². The summed E-state index contributed by atoms with van der Waals surface area (Å²) in [5.41, 5.74) is 2.14. The Bertz CT molecular complexity index is 447. The maximum atomic E-state index is 11.6. The van der Waals surface area contributed by atoms with Gasteiger partial charge >= 0.3 is 5.97 Å². The molecule has 1 aliphatic rings. The Hall–Kier alpha value is -1.57. The van der Waals surface area contributed by atoms with Gasteiger partial charge in [0.25, 0.3) is 0 Å². The van der Waals surface area contributed by atoms with Crippen LogP contribution in [0, 0.1) is 11.3 Å². The number of allylic oxidation sites excluding steroid dienone is 2. The predicted molar refractivity (Wildman–Crippen MR) is 68.3 cm³/mol. The molecule has 1 aromatic rings. The Kier molecular flexibility index (Phi) is 3.05. The Balaban J connectivity index is 2.11. The first-order chi connectivity index (χ1) is 8.08. The summed E-state index contributed by atoms with van der Waals surface area (Å²) in [5.74, 6) is 0.217. The first-order valence-corrected chi connectivity index (χ1v) is 5.90. The molecule has 0 N–H and O–H groups in total. The summed E-state index contributed by atoms with van der Waals surface area (Å²) < 4.78 is 4.83. The Morgan fingerprint density at radius 2 is 2.06 bits per heavy atom. The standard InChI is InChI=1S/C15H18O2/c1-11(12-7-5-4-6-8-12)9-13-10-15(13,2)14(16)17-3/h4-9,13H,10H2,1-3H3/b11-9+/t13-,15+/m1/s1. The molecule has 0 heterocycles. The third-order valence-corrected chi connectivity index (χ3v) is 3.63. The zero-order chi connectivity index (χ0) is 12.5. The molecule has 2 atom stereocenters. The van der Waals surface area contributed by atoms with Crippen molar-refractivity contribution >= 4 is 11.5 Å². The maximum absolute atomic E-state index is 11.6. The van der Waals surface area contributed by atoms with E-state index >= 15 is 0 Å². The summed E-state index contributed by atoms with van der Waals surface area (Å²) in [4.78, 5) is 11.6. The zero-order valence-electron chi connectivity index (χ0n) is 10.6. The molecule has 0 bridgehead atoms. The highest BCUT2D eigenvalue weighted by Crippen LogP contribution is 2.54. The van der Waals surface area contributed by atoms with Gasteiger partial charge < -0.3 is 4.74 Å². The van der Waals surface area contributed by atoms with E-state index in [9.17, 15) is 4.79 Å². The van der Waals surface area contributed by atoms with E-state index in [2.05, 4.69) is 25.1 Å². The number of hydrogen-bond acceptors (Lipinski definition) is 2. The van der Waals surface area contributed by atoms with Gasteiger partial charge in [-0.2, -0.15) is 0 Å². The van der Waals surface area contributed by atoms with Gasteiger partial charge in [-0.15, -0.1) is 0 Å². The molecular formula is C15H18O2. The molecule has 2 rings (SSSR count). The first-order valence-electron chi connectivity index (χ1n) is 5.90. The van der Waals surface area contributed by atoms with Crippen LogP contribution in [0.2, 0.25) is 0 Å². The summed E-state index contributed by atoms with van der Waals surface area (Å²) in [6.45, 7) is 4.06. The van der Waals surface area contributed by atoms with Gasteiger partial charge in [0.2, 0.25) is 0 Å². The summed E-state index contributed by atoms with van der Waals surface area (Å²) in [5, 5.41) is 0. The number of methoxy groups -OCH3 is 1. The number of carbonyl (C=O) groups excluding carboxylic acids is 1. The van der Waals surface area contributed by atoms with E-state index in [4.69, 9.17) is 4.74 Å². The summed E-state index contributed by atoms with van der Waals surface area (Å²) >= 11 is 0. The monoisotopic (exact) mass is 230 g/mol. The topological polar surface area (TPSA) is 26.3 Å². The van der Waals surface area contributed by atoms with Crippen LogP contribution in [0.3, 0.4) is 0 Å². The Labute approximate surface area is 102 Å². The first kappa shape index (κ1) is 11.9. The second kappa shape index (κ2) is 4.36. The van der Waals surface area contributed by atoms with Gasteiger partial charge in [-0.25, -0.2) is 0 Å². The fourth-order valence-electron chi connectivity index (χ4n) is 2.21. The summed E-state index contributed by atoms with van der Waals surface area (Å²) in [6.07, 6.45) is 3.08. The fraction of sp³-hybridized carbons (Fsp3) is 0.400. The van der Waals surface area contributed by atoms with Crippen molar-refractivity contribution in [3.8, 4) is 0 Å². The van der Waals surface area contributed by atoms with Crippen LogP contribution in [0.15, 0.2) is 36.4 Å². The Morgan fingerprint density at radius 1 is 1.41 bits per heavy atom. The van der Waals surface area contributed by atoms with Crippen molar-refractivity contribution in [2.24, 2.45) is 11.3 Å². The number of rotatable bonds is 3. The third kappa shape index (κ3) is 2.26. The average molecular weight is 230 g/mol. The highest BCUT2D eigenvalue weighted by Gasteiger charge is 2.55. The van der Waals surface area contributed by atoms with Crippen molar-refractivity contribution in [2.75, 3.05) is 7.11 Å². The number of benzene rings is 1. The minimum atomic E-state index is -0.301. The molecule has 1 aromatic carbocycles. The van der Waals surface area contributed by atoms with Crippen LogP contribution in [0.4, 0.5) is 0 Å². The van der Waals surface area contributed by atoms with Crippen molar-refractivity contribution in [3.05, 3.63) is 42.0 Å². The molecule has 0 saturated heterocycles. The van der Waals surface area contributed by atoms with E-state index in [1.165, 1.54) is 18.2 Å². The van der Waals surface area contributed by atoms with Gasteiger partial charge in [0.1, 0.15) is 0 Å². The zero-order valence-corrected chi connectivity index (χ0v) is 10.6. The molecule has 1 fully saturated rings. The minimum Gasteiger partial charge on any atom is -0.469 e. The van der Waals surface area contributed by atoms with Crippen molar-refractivity contribution in [3.63, 3.8) is 0 Å². The van der Waals surface area contributed by atoms with Crippen molar-refractivity contribution in [2.45, 2.75) is 20.3 Å². The lowest BCUT2D eigenvalue weighted by Crippen LogP contribution is -2.15. The molecule has 0 aromatic heterocycles. The second-order valence-corrected chi connectivity index (χ2v) is 4.94. The van der Waals surface area contributed by atoms with Gasteiger partial charge in [-0.05, 0) is 37.3 Å². The van der Waals surface area contributed by atoms with Crippen LogP contribution in [0.1, 0.15) is 25.8 Å². The molecule has 90 valence electrons. The average Bonchev–Trinajstić information content (AvgIpc) is 3.01. The molecule has 0 unspecified atom stereocenters. The molecule has 0 aliphatic heterocycles. The molecule has 2 nitrogen and oxygen atoms in total. The van der Waals surface area contributed by atoms with E-state index in [0.29, 0.717) is 5.92 Å². The van der Waals surface area contributed by atoms with E-state index in [1.54, 1.807) is 0 Å². The SMILES string of the molecule is COC(=O)[C@@]1(C)C[C@H]1/C=C(\C)c1ccccc1. The quantitative estimate of drug-likeness (QED) is 0.745. The largest absolute Gasteiger partial charge is 0.469 e. The van der Waals surface area contributed by atoms with Gasteiger partial charge in [0.15, 0.2) is 0 Å². The fourth-order valence-corrected chi connectivity index (χ4v) is 2.21. The van der Waals surface area contributed by atoms with Crippen LogP contribution < -0.4 is 0 Å². The summed E-state index contributed by atoms with van der Waals surface area (Å²) in [6, 6.07) is 10.2. The second-order valence-electron chi connectivity index (χ2n) is 4.94. The minimum absolute atomic E-state index is 0.0976. The van der Waals surface area contributed by atoms with Crippen LogP contribution in [0.5, 0.6) is 0 Å². The predicted octanol–water partition coefficient (Wildman–Crippen LogP) is 3.29. The lowest BCUT2D eigenvalue weighted by molar-refractivity contribution is -0.146. The lowest BCUT2D eigenvalue weighted by Gasteiger charge is -2.07.